The molecule has 2 amide bonds. The van der Waals surface area contributed by atoms with Crippen molar-refractivity contribution in [2.24, 2.45) is 0 Å². The molecule has 0 saturated heterocycles. The van der Waals surface area contributed by atoms with Crippen molar-refractivity contribution < 1.29 is 9.59 Å². The molecule has 0 spiro atoms. The standard InChI is InChI=1S/C35H26N6O2.ClH/c42-34(27-12-5-4-11-26(27)23-9-2-1-3-10-23)38-25-17-15-24(16-18-25)35(43)41-22-19-29-31(28-13-6-7-14-30(28)41)40-33(39-29)32-36-20-8-21-37-32;/h1-18,20-21H,19,22H2,(H,38,42)(H,39,40);1H. The molecule has 0 aliphatic carbocycles. The summed E-state index contributed by atoms with van der Waals surface area (Å²) in [5, 5.41) is 2.98. The highest BCUT2D eigenvalue weighted by atomic mass is 35.5. The summed E-state index contributed by atoms with van der Waals surface area (Å²) in [5.41, 5.74) is 6.91. The van der Waals surface area contributed by atoms with E-state index in [-0.39, 0.29) is 24.2 Å². The number of para-hydroxylation sites is 1. The van der Waals surface area contributed by atoms with Gasteiger partial charge in [0, 0.05) is 53.4 Å². The highest BCUT2D eigenvalue weighted by Crippen LogP contribution is 2.37. The number of rotatable bonds is 5. The number of carbonyl (C=O) groups is 2. The molecular formula is C35H27ClN6O2. The Hall–Kier alpha value is -5.60. The first-order valence-electron chi connectivity index (χ1n) is 14.0. The first-order valence-corrected chi connectivity index (χ1v) is 14.0. The number of halogens is 1. The van der Waals surface area contributed by atoms with Gasteiger partial charge in [-0.25, -0.2) is 15.0 Å². The van der Waals surface area contributed by atoms with Crippen molar-refractivity contribution in [2.75, 3.05) is 16.8 Å². The lowest BCUT2D eigenvalue weighted by Crippen LogP contribution is -2.32. The Labute approximate surface area is 260 Å². The molecule has 6 aromatic rings. The van der Waals surface area contributed by atoms with Gasteiger partial charge >= 0.3 is 0 Å². The van der Waals surface area contributed by atoms with Gasteiger partial charge in [0.2, 0.25) is 0 Å². The second kappa shape index (κ2) is 12.3. The fourth-order valence-corrected chi connectivity index (χ4v) is 5.41. The summed E-state index contributed by atoms with van der Waals surface area (Å²) in [6.07, 6.45) is 3.96. The number of amides is 2. The van der Waals surface area contributed by atoms with E-state index in [0.717, 1.165) is 33.8 Å². The zero-order valence-corrected chi connectivity index (χ0v) is 24.3. The number of anilines is 2. The summed E-state index contributed by atoms with van der Waals surface area (Å²) >= 11 is 0. The number of aromatic nitrogens is 4. The first-order chi connectivity index (χ1) is 21.2. The zero-order valence-electron chi connectivity index (χ0n) is 23.5. The molecule has 1 aliphatic heterocycles. The lowest BCUT2D eigenvalue weighted by Gasteiger charge is -2.23. The number of benzene rings is 4. The number of hydrogen-bond donors (Lipinski definition) is 2. The number of fused-ring (bicyclic) bond motifs is 3. The molecule has 1 aliphatic rings. The zero-order chi connectivity index (χ0) is 29.2. The Morgan fingerprint density at radius 1 is 0.750 bits per heavy atom. The number of nitrogens with one attached hydrogen (secondary N) is 2. The number of H-pyrrole nitrogens is 1. The number of carbonyl (C=O) groups excluding carboxylic acids is 2. The summed E-state index contributed by atoms with van der Waals surface area (Å²) in [5.74, 6) is 0.784. The molecule has 216 valence electrons. The van der Waals surface area contributed by atoms with Crippen LogP contribution in [0.2, 0.25) is 0 Å². The SMILES string of the molecule is Cl.O=C(Nc1ccc(C(=O)N2CCc3[nH]c(-c4ncccn4)nc3-c3ccccc32)cc1)c1ccccc1-c1ccccc1. The van der Waals surface area contributed by atoms with Gasteiger partial charge in [0.15, 0.2) is 11.6 Å². The molecule has 0 radical (unpaired) electrons. The van der Waals surface area contributed by atoms with Crippen LogP contribution in [-0.4, -0.2) is 38.3 Å². The van der Waals surface area contributed by atoms with Gasteiger partial charge in [0.1, 0.15) is 0 Å². The number of imidazole rings is 1. The fourth-order valence-electron chi connectivity index (χ4n) is 5.41. The van der Waals surface area contributed by atoms with Crippen molar-refractivity contribution in [1.29, 1.82) is 0 Å². The molecule has 0 atom stereocenters. The van der Waals surface area contributed by atoms with Crippen LogP contribution in [0.25, 0.3) is 34.0 Å². The molecule has 0 unspecified atom stereocenters. The quantitative estimate of drug-likeness (QED) is 0.221. The number of nitrogens with zero attached hydrogens (tertiary/aromatic N) is 4. The minimum absolute atomic E-state index is 0. The predicted octanol–water partition coefficient (Wildman–Crippen LogP) is 7.08. The first kappa shape index (κ1) is 28.5. The maximum atomic E-state index is 13.8. The van der Waals surface area contributed by atoms with Crippen LogP contribution < -0.4 is 10.2 Å². The van der Waals surface area contributed by atoms with Crippen molar-refractivity contribution in [1.82, 2.24) is 19.9 Å². The Morgan fingerprint density at radius 3 is 2.20 bits per heavy atom. The van der Waals surface area contributed by atoms with E-state index in [2.05, 4.69) is 20.3 Å². The van der Waals surface area contributed by atoms with Crippen molar-refractivity contribution in [3.8, 4) is 34.0 Å². The number of hydrogen-bond acceptors (Lipinski definition) is 5. The van der Waals surface area contributed by atoms with Crippen LogP contribution in [0.1, 0.15) is 26.4 Å². The summed E-state index contributed by atoms with van der Waals surface area (Å²) in [7, 11) is 0. The maximum Gasteiger partial charge on any atom is 0.258 e. The summed E-state index contributed by atoms with van der Waals surface area (Å²) in [6.45, 7) is 0.467. The Bertz CT molecular complexity index is 1940. The van der Waals surface area contributed by atoms with Crippen LogP contribution in [0.4, 0.5) is 11.4 Å². The van der Waals surface area contributed by atoms with Gasteiger partial charge in [-0.15, -0.1) is 12.4 Å². The Balaban J connectivity index is 0.00000343. The van der Waals surface area contributed by atoms with Gasteiger partial charge in [-0.1, -0.05) is 66.7 Å². The monoisotopic (exact) mass is 598 g/mol. The van der Waals surface area contributed by atoms with Crippen LogP contribution in [0.15, 0.2) is 122 Å². The van der Waals surface area contributed by atoms with Gasteiger partial charge < -0.3 is 15.2 Å². The third kappa shape index (κ3) is 5.46. The topological polar surface area (TPSA) is 104 Å². The van der Waals surface area contributed by atoms with Gasteiger partial charge in [-0.2, -0.15) is 0 Å². The summed E-state index contributed by atoms with van der Waals surface area (Å²) in [4.78, 5) is 45.7. The molecule has 2 N–H and O–H groups in total. The molecule has 0 bridgehead atoms. The Morgan fingerprint density at radius 2 is 1.43 bits per heavy atom. The highest BCUT2D eigenvalue weighted by Gasteiger charge is 2.27. The van der Waals surface area contributed by atoms with E-state index in [4.69, 9.17) is 4.98 Å². The third-order valence-corrected chi connectivity index (χ3v) is 7.48. The fraction of sp³-hybridized carbons (Fsp3) is 0.0571. The lowest BCUT2D eigenvalue weighted by molar-refractivity contribution is 0.0986. The molecular weight excluding hydrogens is 572 g/mol. The van der Waals surface area contributed by atoms with Crippen LogP contribution in [0, 0.1) is 0 Å². The molecule has 7 rings (SSSR count). The number of aromatic amines is 1. The maximum absolute atomic E-state index is 13.8. The molecule has 4 aromatic carbocycles. The smallest absolute Gasteiger partial charge is 0.258 e. The van der Waals surface area contributed by atoms with Crippen molar-refractivity contribution in [3.05, 3.63) is 138 Å². The lowest BCUT2D eigenvalue weighted by atomic mass is 9.99. The molecule has 2 aromatic heterocycles. The van der Waals surface area contributed by atoms with Crippen LogP contribution in [0.5, 0.6) is 0 Å². The van der Waals surface area contributed by atoms with E-state index in [1.807, 2.05) is 78.9 Å². The van der Waals surface area contributed by atoms with E-state index < -0.39 is 0 Å². The van der Waals surface area contributed by atoms with Crippen molar-refractivity contribution in [3.63, 3.8) is 0 Å². The Kier molecular flexibility index (Phi) is 7.99. The van der Waals surface area contributed by atoms with Gasteiger partial charge in [0.05, 0.1) is 11.4 Å². The van der Waals surface area contributed by atoms with E-state index in [1.54, 1.807) is 47.6 Å². The van der Waals surface area contributed by atoms with Crippen LogP contribution in [0.3, 0.4) is 0 Å². The van der Waals surface area contributed by atoms with Crippen LogP contribution >= 0.6 is 12.4 Å². The molecule has 9 heteroatoms. The van der Waals surface area contributed by atoms with Gasteiger partial charge in [-0.3, -0.25) is 9.59 Å². The minimum atomic E-state index is -0.214. The minimum Gasteiger partial charge on any atom is -0.339 e. The molecule has 44 heavy (non-hydrogen) atoms. The van der Waals surface area contributed by atoms with E-state index in [1.165, 1.54) is 0 Å². The van der Waals surface area contributed by atoms with E-state index in [0.29, 0.717) is 41.4 Å². The second-order valence-corrected chi connectivity index (χ2v) is 10.2. The normalized spacial score (nSPS) is 11.9. The molecule has 8 nitrogen and oxygen atoms in total. The summed E-state index contributed by atoms with van der Waals surface area (Å²) < 4.78 is 0. The predicted molar refractivity (Wildman–Crippen MR) is 174 cm³/mol. The van der Waals surface area contributed by atoms with Crippen molar-refractivity contribution in [2.45, 2.75) is 6.42 Å². The highest BCUT2D eigenvalue weighted by molar-refractivity contribution is 6.10. The van der Waals surface area contributed by atoms with E-state index >= 15 is 0 Å². The molecule has 0 saturated carbocycles. The summed E-state index contributed by atoms with van der Waals surface area (Å²) in [6, 6.07) is 33.9. The molecule has 0 fully saturated rings. The van der Waals surface area contributed by atoms with Crippen LogP contribution in [-0.2, 0) is 6.42 Å². The van der Waals surface area contributed by atoms with E-state index in [9.17, 15) is 9.59 Å². The second-order valence-electron chi connectivity index (χ2n) is 10.2. The molecule has 3 heterocycles. The van der Waals surface area contributed by atoms with Gasteiger partial charge in [0.25, 0.3) is 11.8 Å². The van der Waals surface area contributed by atoms with Gasteiger partial charge in [-0.05, 0) is 53.6 Å². The third-order valence-electron chi connectivity index (χ3n) is 7.48. The average molecular weight is 599 g/mol. The largest absolute Gasteiger partial charge is 0.339 e. The van der Waals surface area contributed by atoms with Crippen molar-refractivity contribution >= 4 is 35.6 Å². The average Bonchev–Trinajstić information content (AvgIpc) is 3.44.